The lowest BCUT2D eigenvalue weighted by molar-refractivity contribution is -0.145. The van der Waals surface area contributed by atoms with Crippen LogP contribution in [0, 0.1) is 5.41 Å². The van der Waals surface area contributed by atoms with Gasteiger partial charge in [-0.05, 0) is 53.5 Å². The number of hydrogen-bond donors (Lipinski definition) is 4. The molecule has 5 N–H and O–H groups in total. The maximum absolute atomic E-state index is 14.6. The molecule has 1 aliphatic heterocycles. The van der Waals surface area contributed by atoms with Gasteiger partial charge in [0.2, 0.25) is 5.91 Å². The van der Waals surface area contributed by atoms with Gasteiger partial charge in [-0.1, -0.05) is 87.5 Å². The van der Waals surface area contributed by atoms with Gasteiger partial charge in [0.1, 0.15) is 6.04 Å². The number of carbonyl (C=O) groups is 4. The Kier molecular flexibility index (Phi) is 9.70. The number of anilines is 2. The second kappa shape index (κ2) is 13.4. The van der Waals surface area contributed by atoms with Gasteiger partial charge in [0.15, 0.2) is 0 Å². The van der Waals surface area contributed by atoms with Crippen molar-refractivity contribution in [3.63, 3.8) is 0 Å². The second-order valence-corrected chi connectivity index (χ2v) is 12.0. The van der Waals surface area contributed by atoms with Crippen LogP contribution in [0.15, 0.2) is 84.9 Å². The van der Waals surface area contributed by atoms with E-state index < -0.39 is 30.1 Å². The van der Waals surface area contributed by atoms with E-state index in [0.717, 1.165) is 11.1 Å². The summed E-state index contributed by atoms with van der Waals surface area (Å²) in [5, 5.41) is 6.57. The number of amides is 6. The molecule has 0 aromatic heterocycles. The zero-order chi connectivity index (χ0) is 31.1. The summed E-state index contributed by atoms with van der Waals surface area (Å²) in [5.41, 5.74) is 11.2. The van der Waals surface area contributed by atoms with Crippen LogP contribution >= 0.6 is 0 Å². The number of benzene rings is 3. The van der Waals surface area contributed by atoms with Crippen molar-refractivity contribution in [2.45, 2.75) is 58.0 Å². The Morgan fingerprint density at radius 3 is 2.12 bits per heavy atom. The van der Waals surface area contributed by atoms with Gasteiger partial charge in [-0.3, -0.25) is 19.9 Å². The number of nitrogens with zero attached hydrogens (tertiary/aromatic N) is 2. The molecule has 10 nitrogen and oxygen atoms in total. The molecule has 10 heteroatoms. The number of hydrogen-bond acceptors (Lipinski definition) is 4. The molecule has 1 heterocycles. The number of rotatable bonds is 7. The lowest BCUT2D eigenvalue weighted by Gasteiger charge is -2.35. The van der Waals surface area contributed by atoms with Crippen LogP contribution in [-0.2, 0) is 9.59 Å². The highest BCUT2D eigenvalue weighted by Gasteiger charge is 2.43. The largest absolute Gasteiger partial charge is 0.351 e. The van der Waals surface area contributed by atoms with Crippen LogP contribution in [0.25, 0.3) is 0 Å². The predicted molar refractivity (Wildman–Crippen MR) is 167 cm³/mol. The summed E-state index contributed by atoms with van der Waals surface area (Å²) in [4.78, 5) is 54.3. The summed E-state index contributed by atoms with van der Waals surface area (Å²) in [7, 11) is 1.49. The number of urea groups is 2. The molecule has 3 aromatic carbocycles. The molecule has 0 saturated carbocycles. The topological polar surface area (TPSA) is 137 Å². The molecule has 1 aliphatic rings. The lowest BCUT2D eigenvalue weighted by atomic mass is 9.86. The second-order valence-electron chi connectivity index (χ2n) is 12.0. The molecule has 4 rings (SSSR count). The first-order valence-corrected chi connectivity index (χ1v) is 14.4. The van der Waals surface area contributed by atoms with Gasteiger partial charge < -0.3 is 16.4 Å². The standard InChI is InChI=1S/C33H40N6O4/c1-33(2,3)21-29(40)37-39-27(23-14-9-6-10-15-23)18-24(22-12-7-5-8-13-22)19-28(30(39)41)38(31(34)42)26-17-11-16-25(20-26)36-32(43)35-4/h5-17,20,24,27-28H,18-19,21H2,1-4H3,(H2,34,42)(H,37,40)(H2,35,36,43). The third-order valence-corrected chi connectivity index (χ3v) is 7.40. The smallest absolute Gasteiger partial charge is 0.320 e. The normalized spacial score (nSPS) is 18.7. The maximum atomic E-state index is 14.6. The minimum atomic E-state index is -1.05. The predicted octanol–water partition coefficient (Wildman–Crippen LogP) is 5.31. The van der Waals surface area contributed by atoms with E-state index in [0.29, 0.717) is 17.8 Å². The Balaban J connectivity index is 1.84. The molecule has 6 amide bonds. The van der Waals surface area contributed by atoms with Crippen LogP contribution in [0.1, 0.15) is 63.1 Å². The van der Waals surface area contributed by atoms with Gasteiger partial charge in [0.25, 0.3) is 5.91 Å². The number of primary amides is 1. The first-order chi connectivity index (χ1) is 20.5. The lowest BCUT2D eigenvalue weighted by Crippen LogP contribution is -2.57. The molecule has 0 spiro atoms. The quantitative estimate of drug-likeness (QED) is 0.299. The molecule has 3 aromatic rings. The van der Waals surface area contributed by atoms with Gasteiger partial charge >= 0.3 is 12.1 Å². The van der Waals surface area contributed by atoms with Crippen LogP contribution in [0.5, 0.6) is 0 Å². The first kappa shape index (κ1) is 31.1. The van der Waals surface area contributed by atoms with Crippen LogP contribution in [-0.4, -0.2) is 42.0 Å². The van der Waals surface area contributed by atoms with Crippen molar-refractivity contribution in [2.75, 3.05) is 17.3 Å². The molecule has 0 radical (unpaired) electrons. The Hall–Kier alpha value is -4.86. The Morgan fingerprint density at radius 2 is 1.53 bits per heavy atom. The zero-order valence-corrected chi connectivity index (χ0v) is 25.0. The van der Waals surface area contributed by atoms with E-state index in [-0.39, 0.29) is 30.1 Å². The van der Waals surface area contributed by atoms with E-state index in [1.165, 1.54) is 17.0 Å². The Bertz CT molecular complexity index is 1440. The molecule has 0 bridgehead atoms. The van der Waals surface area contributed by atoms with Crippen molar-refractivity contribution in [2.24, 2.45) is 11.1 Å². The van der Waals surface area contributed by atoms with Gasteiger partial charge in [0.05, 0.1) is 6.04 Å². The fourth-order valence-electron chi connectivity index (χ4n) is 5.51. The van der Waals surface area contributed by atoms with E-state index >= 15 is 0 Å². The number of carbonyl (C=O) groups excluding carboxylic acids is 4. The highest BCUT2D eigenvalue weighted by atomic mass is 16.2. The highest BCUT2D eigenvalue weighted by Crippen LogP contribution is 2.40. The molecule has 3 unspecified atom stereocenters. The van der Waals surface area contributed by atoms with E-state index in [4.69, 9.17) is 5.73 Å². The SMILES string of the molecule is CNC(=O)Nc1cccc(N(C(N)=O)C2CC(c3ccccc3)CC(c3ccccc3)N(NC(=O)CC(C)(C)C)C2=O)c1. The van der Waals surface area contributed by atoms with E-state index in [2.05, 4.69) is 16.1 Å². The molecule has 1 fully saturated rings. The van der Waals surface area contributed by atoms with Gasteiger partial charge in [-0.25, -0.2) is 14.6 Å². The maximum Gasteiger partial charge on any atom is 0.320 e. The van der Waals surface area contributed by atoms with Crippen LogP contribution in [0.3, 0.4) is 0 Å². The molecule has 3 atom stereocenters. The first-order valence-electron chi connectivity index (χ1n) is 14.4. The summed E-state index contributed by atoms with van der Waals surface area (Å²) in [6.45, 7) is 5.86. The summed E-state index contributed by atoms with van der Waals surface area (Å²) in [6.07, 6.45) is 0.947. The molecule has 43 heavy (non-hydrogen) atoms. The van der Waals surface area contributed by atoms with Crippen molar-refractivity contribution in [3.05, 3.63) is 96.1 Å². The highest BCUT2D eigenvalue weighted by molar-refractivity contribution is 6.00. The van der Waals surface area contributed by atoms with Gasteiger partial charge in [-0.2, -0.15) is 0 Å². The summed E-state index contributed by atoms with van der Waals surface area (Å²) in [5.74, 6) is -0.932. The van der Waals surface area contributed by atoms with Gasteiger partial charge in [-0.15, -0.1) is 0 Å². The zero-order valence-electron chi connectivity index (χ0n) is 25.0. The van der Waals surface area contributed by atoms with E-state index in [1.807, 2.05) is 81.4 Å². The monoisotopic (exact) mass is 584 g/mol. The van der Waals surface area contributed by atoms with Crippen LogP contribution in [0.2, 0.25) is 0 Å². The molecule has 0 aliphatic carbocycles. The average Bonchev–Trinajstić information content (AvgIpc) is 3.10. The Morgan fingerprint density at radius 1 is 0.907 bits per heavy atom. The van der Waals surface area contributed by atoms with E-state index in [9.17, 15) is 19.2 Å². The number of nitrogens with two attached hydrogens (primary N) is 1. The minimum Gasteiger partial charge on any atom is -0.351 e. The third kappa shape index (κ3) is 7.91. The molecular formula is C33H40N6O4. The Labute approximate surface area is 252 Å². The molecular weight excluding hydrogens is 544 g/mol. The van der Waals surface area contributed by atoms with Crippen molar-refractivity contribution in [1.29, 1.82) is 0 Å². The number of hydrazine groups is 1. The number of nitrogens with one attached hydrogen (secondary N) is 3. The van der Waals surface area contributed by atoms with Crippen molar-refractivity contribution in [1.82, 2.24) is 15.8 Å². The van der Waals surface area contributed by atoms with Crippen molar-refractivity contribution in [3.8, 4) is 0 Å². The summed E-state index contributed by atoms with van der Waals surface area (Å²) in [6, 6.07) is 23.1. The third-order valence-electron chi connectivity index (χ3n) is 7.40. The summed E-state index contributed by atoms with van der Waals surface area (Å²) >= 11 is 0. The van der Waals surface area contributed by atoms with Crippen LogP contribution in [0.4, 0.5) is 21.0 Å². The van der Waals surface area contributed by atoms with E-state index in [1.54, 1.807) is 24.3 Å². The fraction of sp³-hybridized carbons (Fsp3) is 0.333. The van der Waals surface area contributed by atoms with Crippen LogP contribution < -0.4 is 26.7 Å². The minimum absolute atomic E-state index is 0.168. The van der Waals surface area contributed by atoms with Crippen molar-refractivity contribution >= 4 is 35.3 Å². The molecule has 226 valence electrons. The molecule has 1 saturated heterocycles. The average molecular weight is 585 g/mol. The van der Waals surface area contributed by atoms with Gasteiger partial charge in [0, 0.05) is 24.8 Å². The fourth-order valence-corrected chi connectivity index (χ4v) is 5.51. The summed E-state index contributed by atoms with van der Waals surface area (Å²) < 4.78 is 0. The van der Waals surface area contributed by atoms with Crippen molar-refractivity contribution < 1.29 is 19.2 Å².